The molecule has 1 rings (SSSR count). The molecule has 64 valence electrons. The summed E-state index contributed by atoms with van der Waals surface area (Å²) in [5.41, 5.74) is 2.06. The van der Waals surface area contributed by atoms with Crippen molar-refractivity contribution >= 4 is 6.08 Å². The SMILES string of the molecule is C=Cc1ccc(C(O)CC)cc1. The quantitative estimate of drug-likeness (QED) is 0.724. The molecule has 1 atom stereocenters. The van der Waals surface area contributed by atoms with Gasteiger partial charge in [0.2, 0.25) is 0 Å². The van der Waals surface area contributed by atoms with Gasteiger partial charge < -0.3 is 5.11 Å². The van der Waals surface area contributed by atoms with Crippen LogP contribution in [0.1, 0.15) is 30.6 Å². The highest BCUT2D eigenvalue weighted by Gasteiger charge is 2.02. The predicted octanol–water partition coefficient (Wildman–Crippen LogP) is 2.77. The average molecular weight is 162 g/mol. The molecule has 0 saturated heterocycles. The molecule has 0 amide bonds. The van der Waals surface area contributed by atoms with Gasteiger partial charge in [-0.2, -0.15) is 0 Å². The predicted molar refractivity (Wildman–Crippen MR) is 51.8 cm³/mol. The lowest BCUT2D eigenvalue weighted by atomic mass is 10.1. The molecule has 1 N–H and O–H groups in total. The molecule has 0 spiro atoms. The van der Waals surface area contributed by atoms with E-state index >= 15 is 0 Å². The molecule has 1 unspecified atom stereocenters. The van der Waals surface area contributed by atoms with Gasteiger partial charge in [0.15, 0.2) is 0 Å². The lowest BCUT2D eigenvalue weighted by Crippen LogP contribution is -1.93. The van der Waals surface area contributed by atoms with Crippen LogP contribution in [0.5, 0.6) is 0 Å². The molecular weight excluding hydrogens is 148 g/mol. The largest absolute Gasteiger partial charge is 0.388 e. The Morgan fingerprint density at radius 3 is 2.42 bits per heavy atom. The Balaban J connectivity index is 2.84. The zero-order valence-corrected chi connectivity index (χ0v) is 7.33. The maximum atomic E-state index is 9.47. The molecule has 1 nitrogen and oxygen atoms in total. The molecule has 0 radical (unpaired) electrons. The van der Waals surface area contributed by atoms with Crippen molar-refractivity contribution in [2.24, 2.45) is 0 Å². The maximum Gasteiger partial charge on any atom is 0.0787 e. The zero-order valence-electron chi connectivity index (χ0n) is 7.33. The minimum Gasteiger partial charge on any atom is -0.388 e. The van der Waals surface area contributed by atoms with Gasteiger partial charge in [0.05, 0.1) is 6.10 Å². The summed E-state index contributed by atoms with van der Waals surface area (Å²) in [5.74, 6) is 0. The van der Waals surface area contributed by atoms with Gasteiger partial charge in [0, 0.05) is 0 Å². The van der Waals surface area contributed by atoms with Crippen LogP contribution < -0.4 is 0 Å². The average Bonchev–Trinajstić information content (AvgIpc) is 2.17. The summed E-state index contributed by atoms with van der Waals surface area (Å²) in [4.78, 5) is 0. The minimum absolute atomic E-state index is 0.330. The fourth-order valence-corrected chi connectivity index (χ4v) is 1.09. The third-order valence-electron chi connectivity index (χ3n) is 1.94. The van der Waals surface area contributed by atoms with Gasteiger partial charge >= 0.3 is 0 Å². The number of aliphatic hydroxyl groups excluding tert-OH is 1. The van der Waals surface area contributed by atoms with Gasteiger partial charge in [0.1, 0.15) is 0 Å². The molecule has 12 heavy (non-hydrogen) atoms. The highest BCUT2D eigenvalue weighted by atomic mass is 16.3. The number of rotatable bonds is 3. The molecule has 0 aromatic heterocycles. The second kappa shape index (κ2) is 4.07. The van der Waals surface area contributed by atoms with E-state index < -0.39 is 0 Å². The van der Waals surface area contributed by atoms with Crippen molar-refractivity contribution in [2.45, 2.75) is 19.4 Å². The molecule has 0 aliphatic rings. The molecular formula is C11H14O. The third kappa shape index (κ3) is 1.95. The summed E-state index contributed by atoms with van der Waals surface area (Å²) >= 11 is 0. The normalized spacial score (nSPS) is 12.5. The Hall–Kier alpha value is -1.08. The third-order valence-corrected chi connectivity index (χ3v) is 1.94. The molecule has 0 heterocycles. The number of benzene rings is 1. The van der Waals surface area contributed by atoms with E-state index in [0.717, 1.165) is 17.5 Å². The molecule has 1 aromatic carbocycles. The fourth-order valence-electron chi connectivity index (χ4n) is 1.09. The van der Waals surface area contributed by atoms with Crippen molar-refractivity contribution in [3.8, 4) is 0 Å². The Bertz CT molecular complexity index is 248. The summed E-state index contributed by atoms with van der Waals surface area (Å²) in [7, 11) is 0. The molecule has 0 fully saturated rings. The van der Waals surface area contributed by atoms with Crippen molar-refractivity contribution < 1.29 is 5.11 Å². The van der Waals surface area contributed by atoms with Crippen LogP contribution in [0.2, 0.25) is 0 Å². The summed E-state index contributed by atoms with van der Waals surface area (Å²) in [6.07, 6.45) is 2.22. The Morgan fingerprint density at radius 1 is 1.42 bits per heavy atom. The first-order valence-corrected chi connectivity index (χ1v) is 4.18. The first-order valence-electron chi connectivity index (χ1n) is 4.18. The van der Waals surface area contributed by atoms with Gasteiger partial charge in [-0.25, -0.2) is 0 Å². The van der Waals surface area contributed by atoms with Crippen molar-refractivity contribution in [3.63, 3.8) is 0 Å². The van der Waals surface area contributed by atoms with E-state index in [1.807, 2.05) is 31.2 Å². The van der Waals surface area contributed by atoms with Gasteiger partial charge in [-0.1, -0.05) is 43.8 Å². The van der Waals surface area contributed by atoms with Crippen molar-refractivity contribution in [2.75, 3.05) is 0 Å². The van der Waals surface area contributed by atoms with E-state index in [4.69, 9.17) is 0 Å². The van der Waals surface area contributed by atoms with E-state index in [1.54, 1.807) is 6.08 Å². The fraction of sp³-hybridized carbons (Fsp3) is 0.273. The van der Waals surface area contributed by atoms with Gasteiger partial charge in [-0.15, -0.1) is 0 Å². The van der Waals surface area contributed by atoms with Crippen LogP contribution in [0.25, 0.3) is 6.08 Å². The van der Waals surface area contributed by atoms with E-state index in [9.17, 15) is 5.11 Å². The molecule has 1 heteroatoms. The lowest BCUT2D eigenvalue weighted by Gasteiger charge is -2.07. The first-order chi connectivity index (χ1) is 5.77. The van der Waals surface area contributed by atoms with Crippen LogP contribution >= 0.6 is 0 Å². The van der Waals surface area contributed by atoms with Crippen molar-refractivity contribution in [1.29, 1.82) is 0 Å². The molecule has 0 aliphatic heterocycles. The van der Waals surface area contributed by atoms with Crippen LogP contribution in [0, 0.1) is 0 Å². The highest BCUT2D eigenvalue weighted by Crippen LogP contribution is 2.16. The first kappa shape index (κ1) is 9.01. The monoisotopic (exact) mass is 162 g/mol. The van der Waals surface area contributed by atoms with Crippen LogP contribution in [0.4, 0.5) is 0 Å². The number of aliphatic hydroxyl groups is 1. The maximum absolute atomic E-state index is 9.47. The van der Waals surface area contributed by atoms with E-state index in [2.05, 4.69) is 6.58 Å². The van der Waals surface area contributed by atoms with E-state index in [-0.39, 0.29) is 6.10 Å². The number of hydrogen-bond donors (Lipinski definition) is 1. The van der Waals surface area contributed by atoms with Crippen LogP contribution in [-0.4, -0.2) is 5.11 Å². The van der Waals surface area contributed by atoms with Gasteiger partial charge in [-0.3, -0.25) is 0 Å². The summed E-state index contributed by atoms with van der Waals surface area (Å²) < 4.78 is 0. The summed E-state index contributed by atoms with van der Waals surface area (Å²) in [5, 5.41) is 9.47. The van der Waals surface area contributed by atoms with Gasteiger partial charge in [-0.05, 0) is 17.5 Å². The highest BCUT2D eigenvalue weighted by molar-refractivity contribution is 5.47. The molecule has 0 bridgehead atoms. The Morgan fingerprint density at radius 2 is 2.00 bits per heavy atom. The van der Waals surface area contributed by atoms with Crippen molar-refractivity contribution in [1.82, 2.24) is 0 Å². The topological polar surface area (TPSA) is 20.2 Å². The Labute approximate surface area is 73.4 Å². The van der Waals surface area contributed by atoms with E-state index in [0.29, 0.717) is 0 Å². The zero-order chi connectivity index (χ0) is 8.97. The minimum atomic E-state index is -0.330. The van der Waals surface area contributed by atoms with Crippen LogP contribution in [0.15, 0.2) is 30.8 Å². The van der Waals surface area contributed by atoms with Crippen LogP contribution in [-0.2, 0) is 0 Å². The van der Waals surface area contributed by atoms with Gasteiger partial charge in [0.25, 0.3) is 0 Å². The molecule has 0 aliphatic carbocycles. The standard InChI is InChI=1S/C11H14O/c1-3-9-5-7-10(8-6-9)11(12)4-2/h3,5-8,11-12H,1,4H2,2H3. The summed E-state index contributed by atoms with van der Waals surface area (Å²) in [6, 6.07) is 7.79. The van der Waals surface area contributed by atoms with Crippen molar-refractivity contribution in [3.05, 3.63) is 42.0 Å². The molecule has 0 saturated carbocycles. The Kier molecular flexibility index (Phi) is 3.06. The van der Waals surface area contributed by atoms with Crippen LogP contribution in [0.3, 0.4) is 0 Å². The second-order valence-electron chi connectivity index (χ2n) is 2.79. The smallest absolute Gasteiger partial charge is 0.0787 e. The van der Waals surface area contributed by atoms with E-state index in [1.165, 1.54) is 0 Å². The second-order valence-corrected chi connectivity index (χ2v) is 2.79. The summed E-state index contributed by atoms with van der Waals surface area (Å²) in [6.45, 7) is 5.63. The molecule has 1 aromatic rings. The lowest BCUT2D eigenvalue weighted by molar-refractivity contribution is 0.173. The number of hydrogen-bond acceptors (Lipinski definition) is 1.